The summed E-state index contributed by atoms with van der Waals surface area (Å²) in [6, 6.07) is -0.540. The number of ether oxygens (including phenoxy) is 1. The van der Waals surface area contributed by atoms with Crippen LogP contribution in [0.25, 0.3) is 0 Å². The number of aliphatic hydroxyl groups excluding tert-OH is 2. The van der Waals surface area contributed by atoms with Crippen molar-refractivity contribution in [2.45, 2.75) is 508 Å². The Morgan fingerprint density at radius 2 is 0.537 bits per heavy atom. The number of hydrogen-bond acceptors (Lipinski definition) is 5. The van der Waals surface area contributed by atoms with Gasteiger partial charge in [0, 0.05) is 12.8 Å². The van der Waals surface area contributed by atoms with Crippen LogP contribution in [0, 0.1) is 0 Å². The van der Waals surface area contributed by atoms with Gasteiger partial charge in [0.1, 0.15) is 0 Å². The van der Waals surface area contributed by atoms with Gasteiger partial charge in [-0.1, -0.05) is 442 Å². The third-order valence-corrected chi connectivity index (χ3v) is 20.7. The molecule has 0 radical (unpaired) electrons. The first-order valence-corrected chi connectivity index (χ1v) is 43.7. The van der Waals surface area contributed by atoms with E-state index in [4.69, 9.17) is 4.74 Å². The van der Waals surface area contributed by atoms with Crippen LogP contribution >= 0.6 is 0 Å². The molecule has 0 aliphatic heterocycles. The van der Waals surface area contributed by atoms with Gasteiger partial charge in [-0.05, 0) is 77.0 Å². The summed E-state index contributed by atoms with van der Waals surface area (Å²) in [6.07, 6.45) is 111. The lowest BCUT2D eigenvalue weighted by atomic mass is 10.0. The van der Waals surface area contributed by atoms with Crippen LogP contribution in [-0.4, -0.2) is 47.4 Å². The van der Waals surface area contributed by atoms with Gasteiger partial charge in [-0.15, -0.1) is 0 Å². The Kier molecular flexibility index (Phi) is 82.8. The fraction of sp³-hybridized carbons (Fsp3) is 0.910. The molecule has 562 valence electrons. The van der Waals surface area contributed by atoms with Crippen LogP contribution in [0.3, 0.4) is 0 Å². The van der Waals surface area contributed by atoms with Crippen molar-refractivity contribution >= 4 is 11.9 Å². The maximum Gasteiger partial charge on any atom is 0.305 e. The summed E-state index contributed by atoms with van der Waals surface area (Å²) in [6.45, 7) is 4.96. The van der Waals surface area contributed by atoms with Crippen molar-refractivity contribution in [3.8, 4) is 0 Å². The minimum Gasteiger partial charge on any atom is -0.466 e. The van der Waals surface area contributed by atoms with E-state index >= 15 is 0 Å². The lowest BCUT2D eigenvalue weighted by molar-refractivity contribution is -0.143. The molecule has 0 bridgehead atoms. The number of allylic oxidation sites excluding steroid dienone is 6. The normalized spacial score (nSPS) is 12.6. The molecule has 0 saturated carbocycles. The Labute approximate surface area is 595 Å². The molecule has 0 aromatic carbocycles. The van der Waals surface area contributed by atoms with Gasteiger partial charge in [-0.2, -0.15) is 0 Å². The van der Waals surface area contributed by atoms with Gasteiger partial charge in [0.2, 0.25) is 5.91 Å². The van der Waals surface area contributed by atoms with E-state index in [1.54, 1.807) is 0 Å². The van der Waals surface area contributed by atoms with E-state index in [0.29, 0.717) is 25.9 Å². The van der Waals surface area contributed by atoms with E-state index in [-0.39, 0.29) is 18.5 Å². The van der Waals surface area contributed by atoms with E-state index in [1.807, 2.05) is 0 Å². The topological polar surface area (TPSA) is 95.9 Å². The maximum absolute atomic E-state index is 12.6. The minimum atomic E-state index is -0.663. The molecule has 0 fully saturated rings. The molecule has 0 heterocycles. The summed E-state index contributed by atoms with van der Waals surface area (Å²) in [5.74, 6) is -0.0158. The summed E-state index contributed by atoms with van der Waals surface area (Å²) in [7, 11) is 0. The van der Waals surface area contributed by atoms with Gasteiger partial charge < -0.3 is 20.3 Å². The van der Waals surface area contributed by atoms with Crippen LogP contribution in [0.2, 0.25) is 0 Å². The van der Waals surface area contributed by atoms with Crippen LogP contribution in [0.4, 0.5) is 0 Å². The summed E-state index contributed by atoms with van der Waals surface area (Å²) < 4.78 is 5.49. The first-order valence-electron chi connectivity index (χ1n) is 43.7. The third kappa shape index (κ3) is 80.9. The predicted octanol–water partition coefficient (Wildman–Crippen LogP) is 29.3. The zero-order valence-electron chi connectivity index (χ0n) is 64.7. The molecular weight excluding hydrogens is 1160 g/mol. The van der Waals surface area contributed by atoms with E-state index in [1.165, 1.54) is 411 Å². The molecule has 0 aliphatic carbocycles. The monoisotopic (exact) mass is 1330 g/mol. The van der Waals surface area contributed by atoms with Crippen molar-refractivity contribution in [3.63, 3.8) is 0 Å². The fourth-order valence-electron chi connectivity index (χ4n) is 14.0. The Balaban J connectivity index is 3.33. The lowest BCUT2D eigenvalue weighted by Gasteiger charge is -2.22. The maximum atomic E-state index is 12.6. The Bertz CT molecular complexity index is 1540. The van der Waals surface area contributed by atoms with E-state index < -0.39 is 12.1 Å². The van der Waals surface area contributed by atoms with Gasteiger partial charge >= 0.3 is 5.97 Å². The van der Waals surface area contributed by atoms with E-state index in [9.17, 15) is 19.8 Å². The molecular formula is C89H171NO5. The first kappa shape index (κ1) is 93.1. The van der Waals surface area contributed by atoms with Gasteiger partial charge in [0.15, 0.2) is 0 Å². The summed E-state index contributed by atoms with van der Waals surface area (Å²) in [4.78, 5) is 24.7. The third-order valence-electron chi connectivity index (χ3n) is 20.7. The van der Waals surface area contributed by atoms with Gasteiger partial charge in [-0.25, -0.2) is 0 Å². The highest BCUT2D eigenvalue weighted by Crippen LogP contribution is 2.21. The molecule has 2 atom stereocenters. The van der Waals surface area contributed by atoms with Crippen molar-refractivity contribution in [3.05, 3.63) is 36.5 Å². The predicted molar refractivity (Wildman–Crippen MR) is 421 cm³/mol. The van der Waals surface area contributed by atoms with Crippen LogP contribution in [0.15, 0.2) is 36.5 Å². The number of esters is 1. The summed E-state index contributed by atoms with van der Waals surface area (Å²) in [5, 5.41) is 23.5. The fourth-order valence-corrected chi connectivity index (χ4v) is 14.0. The smallest absolute Gasteiger partial charge is 0.305 e. The van der Waals surface area contributed by atoms with Gasteiger partial charge in [-0.3, -0.25) is 9.59 Å². The zero-order chi connectivity index (χ0) is 68.4. The molecule has 2 unspecified atom stereocenters. The second-order valence-electron chi connectivity index (χ2n) is 30.2. The van der Waals surface area contributed by atoms with Crippen molar-refractivity contribution in [2.24, 2.45) is 0 Å². The number of carbonyl (C=O) groups is 2. The molecule has 0 aromatic heterocycles. The number of rotatable bonds is 83. The van der Waals surface area contributed by atoms with Crippen LogP contribution in [0.5, 0.6) is 0 Å². The second kappa shape index (κ2) is 84.5. The summed E-state index contributed by atoms with van der Waals surface area (Å²) >= 11 is 0. The number of unbranched alkanes of at least 4 members (excludes halogenated alkanes) is 66. The average molecular weight is 1340 g/mol. The highest BCUT2D eigenvalue weighted by Gasteiger charge is 2.20. The minimum absolute atomic E-state index is 0.00857. The largest absolute Gasteiger partial charge is 0.466 e. The van der Waals surface area contributed by atoms with E-state index in [2.05, 4.69) is 55.6 Å². The zero-order valence-corrected chi connectivity index (χ0v) is 64.7. The average Bonchev–Trinajstić information content (AvgIpc) is 3.11. The molecule has 1 amide bonds. The van der Waals surface area contributed by atoms with Gasteiger partial charge in [0.05, 0.1) is 25.4 Å². The lowest BCUT2D eigenvalue weighted by Crippen LogP contribution is -2.45. The van der Waals surface area contributed by atoms with Crippen molar-refractivity contribution in [2.75, 3.05) is 13.2 Å². The molecule has 95 heavy (non-hydrogen) atoms. The molecule has 6 heteroatoms. The SMILES string of the molecule is CCCC/C=C\C/C=C\CCCCCCCC(=O)OCCCCCCCCCCCCCCCCCCCC/C=C\CCCCCCCCCCCCCCCCCCCC(=O)NC(CO)C(O)CCCCCCCCCCCCCCCCCCCCCCCCCCC. The number of hydrogen-bond donors (Lipinski definition) is 3. The number of amides is 1. The molecule has 0 aliphatic rings. The van der Waals surface area contributed by atoms with E-state index in [0.717, 1.165) is 51.4 Å². The Morgan fingerprint density at radius 1 is 0.295 bits per heavy atom. The van der Waals surface area contributed by atoms with Crippen molar-refractivity contribution in [1.29, 1.82) is 0 Å². The second-order valence-corrected chi connectivity index (χ2v) is 30.2. The number of nitrogens with one attached hydrogen (secondary N) is 1. The standard InChI is InChI=1S/C89H171NO5/c1-3-5-7-9-11-13-15-17-19-20-21-22-23-39-42-45-48-51-54-57-61-65-69-73-77-81-87(92)86(85-91)90-88(93)82-78-74-70-66-62-58-55-52-49-46-43-40-37-35-33-31-29-27-25-24-26-28-30-32-34-36-38-41-44-47-50-53-56-60-64-68-72-76-80-84-95-89(94)83-79-75-71-67-63-59-18-16-14-12-10-8-6-4-2/h10,12,16,18,24-25,86-87,91-92H,3-9,11,13-15,17,19-23,26-85H2,1-2H3,(H,90,93)/b12-10-,18-16-,25-24-. The summed E-state index contributed by atoms with van der Waals surface area (Å²) in [5.41, 5.74) is 0. The van der Waals surface area contributed by atoms with Crippen LogP contribution in [-0.2, 0) is 14.3 Å². The van der Waals surface area contributed by atoms with Crippen LogP contribution in [0.1, 0.15) is 495 Å². The molecule has 0 spiro atoms. The van der Waals surface area contributed by atoms with Gasteiger partial charge in [0.25, 0.3) is 0 Å². The molecule has 0 rings (SSSR count). The molecule has 0 saturated heterocycles. The quantitative estimate of drug-likeness (QED) is 0.0320. The van der Waals surface area contributed by atoms with Crippen LogP contribution < -0.4 is 5.32 Å². The molecule has 3 N–H and O–H groups in total. The van der Waals surface area contributed by atoms with Crippen molar-refractivity contribution in [1.82, 2.24) is 5.32 Å². The highest BCUT2D eigenvalue weighted by atomic mass is 16.5. The number of aliphatic hydroxyl groups is 2. The molecule has 0 aromatic rings. The van der Waals surface area contributed by atoms with Crippen molar-refractivity contribution < 1.29 is 24.5 Å². The Morgan fingerprint density at radius 3 is 0.842 bits per heavy atom. The number of carbonyl (C=O) groups excluding carboxylic acids is 2. The Hall–Kier alpha value is -1.92. The first-order chi connectivity index (χ1) is 47.0. The molecule has 6 nitrogen and oxygen atoms in total. The highest BCUT2D eigenvalue weighted by molar-refractivity contribution is 5.76.